The topological polar surface area (TPSA) is 28.7 Å². The lowest BCUT2D eigenvalue weighted by atomic mass is 10.1. The molecule has 1 aromatic rings. The molecular formula is C9H12N2. The summed E-state index contributed by atoms with van der Waals surface area (Å²) in [6, 6.07) is 0. The average molecular weight is 148 g/mol. The Bertz CT molecular complexity index is 249. The van der Waals surface area contributed by atoms with Crippen LogP contribution in [-0.4, -0.2) is 10.2 Å². The first kappa shape index (κ1) is 7.87. The highest BCUT2D eigenvalue weighted by atomic mass is 15.1. The number of H-pyrrole nitrogens is 1. The Morgan fingerprint density at radius 3 is 3.00 bits per heavy atom. The molecule has 0 aromatic carbocycles. The van der Waals surface area contributed by atoms with Crippen molar-refractivity contribution in [1.82, 2.24) is 10.2 Å². The molecule has 0 saturated heterocycles. The van der Waals surface area contributed by atoms with Crippen LogP contribution in [0.15, 0.2) is 12.4 Å². The van der Waals surface area contributed by atoms with Crippen molar-refractivity contribution in [3.8, 4) is 11.8 Å². The number of rotatable bonds is 1. The fraction of sp³-hybridized carbons (Fsp3) is 0.444. The zero-order chi connectivity index (χ0) is 8.10. The van der Waals surface area contributed by atoms with Gasteiger partial charge >= 0.3 is 0 Å². The Labute approximate surface area is 67.0 Å². The summed E-state index contributed by atoms with van der Waals surface area (Å²) < 4.78 is 0. The lowest BCUT2D eigenvalue weighted by Crippen LogP contribution is -1.81. The zero-order valence-corrected chi connectivity index (χ0v) is 6.89. The van der Waals surface area contributed by atoms with E-state index in [1.165, 1.54) is 0 Å². The van der Waals surface area contributed by atoms with E-state index in [0.29, 0.717) is 5.92 Å². The Hall–Kier alpha value is -1.23. The first-order valence-electron chi connectivity index (χ1n) is 3.76. The minimum atomic E-state index is 0.648. The van der Waals surface area contributed by atoms with Crippen LogP contribution in [0.1, 0.15) is 25.8 Å². The Balaban J connectivity index is 2.46. The molecule has 0 aliphatic rings. The van der Waals surface area contributed by atoms with E-state index in [1.807, 2.05) is 0 Å². The van der Waals surface area contributed by atoms with Gasteiger partial charge in [0.25, 0.3) is 0 Å². The van der Waals surface area contributed by atoms with Crippen LogP contribution in [-0.2, 0) is 0 Å². The van der Waals surface area contributed by atoms with E-state index >= 15 is 0 Å². The fourth-order valence-electron chi connectivity index (χ4n) is 0.676. The molecule has 0 spiro atoms. The largest absolute Gasteiger partial charge is 0.284 e. The van der Waals surface area contributed by atoms with Gasteiger partial charge in [-0.1, -0.05) is 25.7 Å². The molecule has 0 aliphatic carbocycles. The SMILES string of the molecule is CC(C)CC#Cc1cn[nH]c1. The predicted molar refractivity (Wildman–Crippen MR) is 44.9 cm³/mol. The average Bonchev–Trinajstić information content (AvgIpc) is 2.39. The zero-order valence-electron chi connectivity index (χ0n) is 6.89. The smallest absolute Gasteiger partial charge is 0.0644 e. The van der Waals surface area contributed by atoms with Gasteiger partial charge in [-0.15, -0.1) is 0 Å². The standard InChI is InChI=1S/C9H12N2/c1-8(2)4-3-5-9-6-10-11-7-9/h6-8H,4H2,1-2H3,(H,10,11). The molecule has 1 N–H and O–H groups in total. The third-order valence-electron chi connectivity index (χ3n) is 1.24. The molecule has 0 bridgehead atoms. The van der Waals surface area contributed by atoms with E-state index in [4.69, 9.17) is 0 Å². The Morgan fingerprint density at radius 1 is 1.64 bits per heavy atom. The molecule has 58 valence electrons. The maximum atomic E-state index is 3.79. The second kappa shape index (κ2) is 3.82. The number of aromatic nitrogens is 2. The number of hydrogen-bond acceptors (Lipinski definition) is 1. The van der Waals surface area contributed by atoms with Gasteiger partial charge in [0, 0.05) is 12.6 Å². The second-order valence-electron chi connectivity index (χ2n) is 2.89. The van der Waals surface area contributed by atoms with Gasteiger partial charge in [0.05, 0.1) is 11.8 Å². The molecule has 0 radical (unpaired) electrons. The molecule has 2 nitrogen and oxygen atoms in total. The summed E-state index contributed by atoms with van der Waals surface area (Å²) in [5.74, 6) is 6.74. The van der Waals surface area contributed by atoms with E-state index in [9.17, 15) is 0 Å². The van der Waals surface area contributed by atoms with Crippen LogP contribution in [0.2, 0.25) is 0 Å². The lowest BCUT2D eigenvalue weighted by molar-refractivity contribution is 0.676. The monoisotopic (exact) mass is 148 g/mol. The Kier molecular flexibility index (Phi) is 2.74. The highest BCUT2D eigenvalue weighted by molar-refractivity contribution is 5.28. The van der Waals surface area contributed by atoms with Crippen LogP contribution < -0.4 is 0 Å². The highest BCUT2D eigenvalue weighted by Crippen LogP contribution is 1.97. The normalized spacial score (nSPS) is 9.36. The first-order chi connectivity index (χ1) is 5.29. The summed E-state index contributed by atoms with van der Waals surface area (Å²) in [4.78, 5) is 0. The summed E-state index contributed by atoms with van der Waals surface area (Å²) in [6.07, 6.45) is 4.48. The van der Waals surface area contributed by atoms with E-state index in [-0.39, 0.29) is 0 Å². The number of aromatic amines is 1. The second-order valence-corrected chi connectivity index (χ2v) is 2.89. The van der Waals surface area contributed by atoms with Crippen molar-refractivity contribution in [2.45, 2.75) is 20.3 Å². The highest BCUT2D eigenvalue weighted by Gasteiger charge is 1.87. The summed E-state index contributed by atoms with van der Waals surface area (Å²) in [5, 5.41) is 6.51. The van der Waals surface area contributed by atoms with Gasteiger partial charge in [-0.05, 0) is 5.92 Å². The minimum absolute atomic E-state index is 0.648. The molecule has 2 heteroatoms. The molecule has 1 heterocycles. The molecular weight excluding hydrogens is 136 g/mol. The third-order valence-corrected chi connectivity index (χ3v) is 1.24. The maximum absolute atomic E-state index is 3.79. The summed E-state index contributed by atoms with van der Waals surface area (Å²) in [6.45, 7) is 4.31. The van der Waals surface area contributed by atoms with Crippen LogP contribution in [0.25, 0.3) is 0 Å². The predicted octanol–water partition coefficient (Wildman–Crippen LogP) is 1.81. The van der Waals surface area contributed by atoms with Crippen molar-refractivity contribution in [3.05, 3.63) is 18.0 Å². The molecule has 1 aromatic heterocycles. The van der Waals surface area contributed by atoms with Crippen molar-refractivity contribution in [3.63, 3.8) is 0 Å². The van der Waals surface area contributed by atoms with Gasteiger partial charge < -0.3 is 0 Å². The van der Waals surface area contributed by atoms with Gasteiger partial charge in [0.1, 0.15) is 0 Å². The Morgan fingerprint density at radius 2 is 2.45 bits per heavy atom. The van der Waals surface area contributed by atoms with Gasteiger partial charge in [-0.2, -0.15) is 5.10 Å². The van der Waals surface area contributed by atoms with E-state index in [0.717, 1.165) is 12.0 Å². The van der Waals surface area contributed by atoms with Crippen molar-refractivity contribution in [1.29, 1.82) is 0 Å². The number of nitrogens with zero attached hydrogens (tertiary/aromatic N) is 1. The van der Waals surface area contributed by atoms with Crippen molar-refractivity contribution >= 4 is 0 Å². The molecule has 1 rings (SSSR count). The summed E-state index contributed by atoms with van der Waals surface area (Å²) in [7, 11) is 0. The third kappa shape index (κ3) is 2.90. The quantitative estimate of drug-likeness (QED) is 0.604. The van der Waals surface area contributed by atoms with Crippen molar-refractivity contribution in [2.24, 2.45) is 5.92 Å². The minimum Gasteiger partial charge on any atom is -0.284 e. The van der Waals surface area contributed by atoms with Gasteiger partial charge in [0.2, 0.25) is 0 Å². The number of nitrogens with one attached hydrogen (secondary N) is 1. The molecule has 0 unspecified atom stereocenters. The fourth-order valence-corrected chi connectivity index (χ4v) is 0.676. The molecule has 0 saturated carbocycles. The molecule has 0 aliphatic heterocycles. The van der Waals surface area contributed by atoms with Crippen molar-refractivity contribution < 1.29 is 0 Å². The number of hydrogen-bond donors (Lipinski definition) is 1. The van der Waals surface area contributed by atoms with E-state index in [1.54, 1.807) is 12.4 Å². The van der Waals surface area contributed by atoms with Crippen LogP contribution in [0.4, 0.5) is 0 Å². The molecule has 0 amide bonds. The first-order valence-corrected chi connectivity index (χ1v) is 3.76. The lowest BCUT2D eigenvalue weighted by Gasteiger charge is -1.91. The van der Waals surface area contributed by atoms with Gasteiger partial charge in [0.15, 0.2) is 0 Å². The van der Waals surface area contributed by atoms with Crippen LogP contribution in [0.3, 0.4) is 0 Å². The summed E-state index contributed by atoms with van der Waals surface area (Å²) in [5.41, 5.74) is 0.964. The van der Waals surface area contributed by atoms with Crippen LogP contribution in [0, 0.1) is 17.8 Å². The molecule has 11 heavy (non-hydrogen) atoms. The van der Waals surface area contributed by atoms with Crippen LogP contribution >= 0.6 is 0 Å². The maximum Gasteiger partial charge on any atom is 0.0644 e. The van der Waals surface area contributed by atoms with Crippen LogP contribution in [0.5, 0.6) is 0 Å². The van der Waals surface area contributed by atoms with E-state index < -0.39 is 0 Å². The molecule has 0 fully saturated rings. The van der Waals surface area contributed by atoms with E-state index in [2.05, 4.69) is 35.9 Å². The van der Waals surface area contributed by atoms with Gasteiger partial charge in [-0.3, -0.25) is 5.10 Å². The van der Waals surface area contributed by atoms with Crippen molar-refractivity contribution in [2.75, 3.05) is 0 Å². The van der Waals surface area contributed by atoms with Gasteiger partial charge in [-0.25, -0.2) is 0 Å². The molecule has 0 atom stereocenters. The summed E-state index contributed by atoms with van der Waals surface area (Å²) >= 11 is 0.